The first-order valence-electron chi connectivity index (χ1n) is 8.82. The molecule has 0 aromatic carbocycles. The van der Waals surface area contributed by atoms with E-state index in [2.05, 4.69) is 72.5 Å². The number of carbonyl (C=O) groups is 1. The number of thiol groups is 1. The van der Waals surface area contributed by atoms with E-state index in [4.69, 9.17) is 11.1 Å². The number of carbonyl (C=O) groups excluding carboxylic acids is 1. The molecule has 0 atom stereocenters. The number of ether oxygens (including phenoxy) is 1. The largest absolute Gasteiger partial charge is 1.00 e. The van der Waals surface area contributed by atoms with E-state index < -0.39 is 0 Å². The zero-order valence-electron chi connectivity index (χ0n) is 19.6. The molecule has 194 valence electrons. The minimum atomic E-state index is -0.352. The van der Waals surface area contributed by atoms with Gasteiger partial charge in [0.1, 0.15) is 20.6 Å². The van der Waals surface area contributed by atoms with E-state index in [1.807, 2.05) is 0 Å². The standard InChI is InChI=1S/C9H6BrN3O.C6H7N3.C5H6Br2O2.CH3.ClH.H2S.H/c10-7-5-12-8(13-9(7)14)6-1-3-11-4-2-6;7-6(8)5-1-3-9-4-2-5;1-2-9-5(8)4(7)3-6;;;;/h1-5H,(H,12,13,14);1-4H,(H3,7,8);3H,2H2,1H3;1H3;1H;1H2;/q;;;-1;;;-1/p-1/b;;4-3+;;;;. The lowest BCUT2D eigenvalue weighted by Crippen LogP contribution is -2.10. The molecule has 3 rings (SSSR count). The van der Waals surface area contributed by atoms with Crippen molar-refractivity contribution in [2.45, 2.75) is 6.92 Å². The maximum absolute atomic E-state index is 11.3. The van der Waals surface area contributed by atoms with Crippen LogP contribution < -0.4 is 11.3 Å². The Balaban J connectivity index is -0.000000210. The summed E-state index contributed by atoms with van der Waals surface area (Å²) in [6, 6.07) is 6.96. The number of pyridine rings is 2. The predicted octanol–water partition coefficient (Wildman–Crippen LogP) is 4.86. The number of nitrogens with two attached hydrogens (primary N) is 1. The first-order chi connectivity index (χ1) is 15.3. The highest BCUT2D eigenvalue weighted by atomic mass is 79.9. The third-order valence-corrected chi connectivity index (χ3v) is 5.46. The van der Waals surface area contributed by atoms with Gasteiger partial charge in [-0.25, -0.2) is 9.78 Å². The van der Waals surface area contributed by atoms with Gasteiger partial charge in [0, 0.05) is 47.1 Å². The Kier molecular flexibility index (Phi) is 22.8. The molecule has 0 saturated carbocycles. The number of nitrogens with zero attached hydrogens (tertiary/aromatic N) is 3. The number of hydrogen-bond donors (Lipinski definition) is 3. The van der Waals surface area contributed by atoms with Crippen molar-refractivity contribution in [3.05, 3.63) is 92.5 Å². The van der Waals surface area contributed by atoms with E-state index in [1.165, 1.54) is 11.2 Å². The van der Waals surface area contributed by atoms with Crippen molar-refractivity contribution >= 4 is 85.5 Å². The number of aromatic nitrogens is 4. The van der Waals surface area contributed by atoms with Crippen LogP contribution in [0.2, 0.25) is 0 Å². The number of amidine groups is 1. The van der Waals surface area contributed by atoms with Crippen LogP contribution >= 0.6 is 60.2 Å². The summed E-state index contributed by atoms with van der Waals surface area (Å²) in [4.78, 5) is 37.7. The van der Waals surface area contributed by atoms with Crippen LogP contribution in [0.25, 0.3) is 11.4 Å². The Bertz CT molecular complexity index is 1110. The molecule has 14 heteroatoms. The molecular weight excluding hydrogens is 692 g/mol. The molecule has 3 aromatic heterocycles. The average Bonchev–Trinajstić information content (AvgIpc) is 2.82. The highest BCUT2D eigenvalue weighted by Crippen LogP contribution is 2.11. The summed E-state index contributed by atoms with van der Waals surface area (Å²) in [6.45, 7) is 2.15. The van der Waals surface area contributed by atoms with E-state index >= 15 is 0 Å². The van der Waals surface area contributed by atoms with Gasteiger partial charge in [0.25, 0.3) is 5.56 Å². The van der Waals surface area contributed by atoms with E-state index in [9.17, 15) is 9.59 Å². The Morgan fingerprint density at radius 2 is 1.71 bits per heavy atom. The molecule has 0 amide bonds. The minimum Gasteiger partial charge on any atom is -1.00 e. The number of nitrogen functional groups attached to an aromatic ring is 1. The number of nitrogens with one attached hydrogen (secondary N) is 2. The van der Waals surface area contributed by atoms with Crippen LogP contribution in [0.15, 0.2) is 74.0 Å². The first kappa shape index (κ1) is 37.5. The van der Waals surface area contributed by atoms with Gasteiger partial charge in [-0.3, -0.25) is 20.2 Å². The lowest BCUT2D eigenvalue weighted by Gasteiger charge is -1.98. The molecule has 9 nitrogen and oxygen atoms in total. The minimum absolute atomic E-state index is 0. The van der Waals surface area contributed by atoms with Crippen molar-refractivity contribution < 1.29 is 11.0 Å². The van der Waals surface area contributed by atoms with Gasteiger partial charge in [-0.1, -0.05) is 15.9 Å². The highest BCUT2D eigenvalue weighted by Gasteiger charge is 2.03. The van der Waals surface area contributed by atoms with E-state index in [1.54, 1.807) is 56.0 Å². The van der Waals surface area contributed by atoms with Crippen LogP contribution in [0, 0.1) is 12.8 Å². The van der Waals surface area contributed by atoms with Crippen LogP contribution in [-0.4, -0.2) is 38.3 Å². The van der Waals surface area contributed by atoms with Crippen molar-refractivity contribution in [3.63, 3.8) is 0 Å². The number of H-pyrrole nitrogens is 1. The zero-order valence-corrected chi connectivity index (χ0v) is 25.1. The molecule has 3 aromatic rings. The average molecular weight is 717 g/mol. The summed E-state index contributed by atoms with van der Waals surface area (Å²) >= 11 is 9.04. The fourth-order valence-corrected chi connectivity index (χ4v) is 2.31. The second kappa shape index (κ2) is 21.2. The summed E-state index contributed by atoms with van der Waals surface area (Å²) in [6.07, 6.45) is 8.00. The lowest BCUT2D eigenvalue weighted by atomic mass is 10.2. The number of esters is 1. The van der Waals surface area contributed by atoms with E-state index in [0.29, 0.717) is 26.9 Å². The summed E-state index contributed by atoms with van der Waals surface area (Å²) in [5.74, 6) is 0.271. The number of hydrogen-bond acceptors (Lipinski definition) is 8. The molecule has 0 spiro atoms. The fraction of sp³-hybridized carbons (Fsp3) is 0.0952. The molecule has 0 unspecified atom stereocenters. The first-order valence-corrected chi connectivity index (χ1v) is 11.3. The molecule has 3 heterocycles. The summed E-state index contributed by atoms with van der Waals surface area (Å²) in [7, 11) is 0. The monoisotopic (exact) mass is 713 g/mol. The van der Waals surface area contributed by atoms with E-state index in [-0.39, 0.29) is 52.1 Å². The Morgan fingerprint density at radius 3 is 2.11 bits per heavy atom. The molecular formula is C21H25Br3ClN6O3S-3. The summed E-state index contributed by atoms with van der Waals surface area (Å²) in [5, 5.41) is 6.99. The molecule has 0 radical (unpaired) electrons. The number of rotatable bonds is 4. The van der Waals surface area contributed by atoms with Crippen molar-refractivity contribution in [1.29, 1.82) is 5.41 Å². The molecule has 0 fully saturated rings. The van der Waals surface area contributed by atoms with Gasteiger partial charge in [0.2, 0.25) is 0 Å². The molecule has 35 heavy (non-hydrogen) atoms. The van der Waals surface area contributed by atoms with Gasteiger partial charge in [-0.15, -0.1) is 12.4 Å². The van der Waals surface area contributed by atoms with Gasteiger partial charge in [-0.2, -0.15) is 0 Å². The lowest BCUT2D eigenvalue weighted by molar-refractivity contribution is -0.137. The maximum Gasteiger partial charge on any atom is 0.345 e. The Hall–Kier alpha value is -2.06. The Morgan fingerprint density at radius 1 is 1.20 bits per heavy atom. The van der Waals surface area contributed by atoms with E-state index in [0.717, 1.165) is 5.56 Å². The van der Waals surface area contributed by atoms with Crippen molar-refractivity contribution in [2.24, 2.45) is 5.73 Å². The maximum atomic E-state index is 11.3. The topological polar surface area (TPSA) is 148 Å². The quantitative estimate of drug-likeness (QED) is 0.0661. The fourth-order valence-electron chi connectivity index (χ4n) is 1.81. The molecule has 0 bridgehead atoms. The molecule has 0 aliphatic carbocycles. The smallest absolute Gasteiger partial charge is 0.345 e. The van der Waals surface area contributed by atoms with Crippen LogP contribution in [-0.2, 0) is 23.0 Å². The van der Waals surface area contributed by atoms with Crippen LogP contribution in [0.1, 0.15) is 13.9 Å². The molecule has 0 saturated heterocycles. The normalized spacial score (nSPS) is 9.20. The van der Waals surface area contributed by atoms with Gasteiger partial charge in [-0.05, 0) is 63.0 Å². The number of aromatic amines is 1. The molecule has 0 aliphatic heterocycles. The third-order valence-electron chi connectivity index (χ3n) is 3.27. The van der Waals surface area contributed by atoms with Crippen LogP contribution in [0.4, 0.5) is 0 Å². The van der Waals surface area contributed by atoms with Crippen molar-refractivity contribution in [1.82, 2.24) is 19.9 Å². The van der Waals surface area contributed by atoms with Gasteiger partial charge in [0.15, 0.2) is 0 Å². The second-order valence-electron chi connectivity index (χ2n) is 5.47. The third kappa shape index (κ3) is 14.8. The molecule has 0 aliphatic rings. The highest BCUT2D eigenvalue weighted by molar-refractivity contribution is 9.14. The molecule has 4 N–H and O–H groups in total. The van der Waals surface area contributed by atoms with Crippen molar-refractivity contribution in [2.75, 3.05) is 6.61 Å². The second-order valence-corrected chi connectivity index (χ2v) is 7.64. The predicted molar refractivity (Wildman–Crippen MR) is 157 cm³/mol. The van der Waals surface area contributed by atoms with Crippen molar-refractivity contribution in [3.8, 4) is 11.4 Å². The Labute approximate surface area is 243 Å². The summed E-state index contributed by atoms with van der Waals surface area (Å²) < 4.78 is 5.43. The van der Waals surface area contributed by atoms with Gasteiger partial charge in [0.05, 0.1) is 6.61 Å². The van der Waals surface area contributed by atoms with Crippen LogP contribution in [0.5, 0.6) is 0 Å². The zero-order chi connectivity index (χ0) is 23.9. The SMILES string of the molecule is CCOC(=O)/C(Br)=C\Br.Cl.N=C(N)c1ccncc1.O=c1[nH]c(-c2ccncc2)ncc1Br.[CH3-].[H-].[SH-]. The van der Waals surface area contributed by atoms with Gasteiger partial charge >= 0.3 is 5.97 Å². The summed E-state index contributed by atoms with van der Waals surface area (Å²) in [5.41, 5.74) is 6.53. The van der Waals surface area contributed by atoms with Gasteiger partial charge < -0.3 is 37.8 Å². The van der Waals surface area contributed by atoms with Crippen LogP contribution in [0.3, 0.4) is 0 Å². The number of halogens is 4.